The molecule has 3 nitrogen and oxygen atoms in total. The molecule has 1 N–H and O–H groups in total. The van der Waals surface area contributed by atoms with Crippen molar-refractivity contribution in [1.82, 2.24) is 10.3 Å². The molecular formula is C17H22ClN3. The van der Waals surface area contributed by atoms with Gasteiger partial charge < -0.3 is 10.2 Å². The molecule has 0 unspecified atom stereocenters. The zero-order valence-corrected chi connectivity index (χ0v) is 13.6. The lowest BCUT2D eigenvalue weighted by Crippen LogP contribution is -2.19. The number of nitrogens with one attached hydrogen (secondary N) is 1. The predicted octanol–water partition coefficient (Wildman–Crippen LogP) is 3.79. The van der Waals surface area contributed by atoms with Gasteiger partial charge in [0, 0.05) is 30.9 Å². The first kappa shape index (κ1) is 15.8. The van der Waals surface area contributed by atoms with Crippen molar-refractivity contribution in [2.24, 2.45) is 0 Å². The third kappa shape index (κ3) is 4.73. The summed E-state index contributed by atoms with van der Waals surface area (Å²) < 4.78 is 0. The molecule has 2 aromatic rings. The van der Waals surface area contributed by atoms with Crippen LogP contribution in [0.5, 0.6) is 0 Å². The summed E-state index contributed by atoms with van der Waals surface area (Å²) in [5.74, 6) is 0.998. The van der Waals surface area contributed by atoms with Gasteiger partial charge in [0.15, 0.2) is 0 Å². The van der Waals surface area contributed by atoms with Gasteiger partial charge in [-0.15, -0.1) is 0 Å². The lowest BCUT2D eigenvalue weighted by molar-refractivity contribution is 0.724. The van der Waals surface area contributed by atoms with Crippen LogP contribution in [0.15, 0.2) is 36.4 Å². The van der Waals surface area contributed by atoms with Crippen molar-refractivity contribution in [2.45, 2.75) is 26.9 Å². The van der Waals surface area contributed by atoms with E-state index in [1.165, 1.54) is 11.1 Å². The molecule has 0 aliphatic heterocycles. The van der Waals surface area contributed by atoms with Gasteiger partial charge in [-0.25, -0.2) is 4.98 Å². The number of halogens is 1. The van der Waals surface area contributed by atoms with Gasteiger partial charge in [-0.3, -0.25) is 0 Å². The Morgan fingerprint density at radius 2 is 1.86 bits per heavy atom. The number of hydrogen-bond donors (Lipinski definition) is 1. The van der Waals surface area contributed by atoms with Gasteiger partial charge in [-0.05, 0) is 48.9 Å². The minimum atomic E-state index is 0.767. The van der Waals surface area contributed by atoms with E-state index in [9.17, 15) is 0 Å². The monoisotopic (exact) mass is 303 g/mol. The predicted molar refractivity (Wildman–Crippen MR) is 89.9 cm³/mol. The van der Waals surface area contributed by atoms with Gasteiger partial charge in [-0.2, -0.15) is 0 Å². The number of pyridine rings is 1. The second kappa shape index (κ2) is 7.43. The molecule has 0 saturated carbocycles. The number of anilines is 1. The second-order valence-electron chi connectivity index (χ2n) is 5.24. The minimum Gasteiger partial charge on any atom is -0.355 e. The Morgan fingerprint density at radius 1 is 1.14 bits per heavy atom. The number of aromatic nitrogens is 1. The number of hydrogen-bond acceptors (Lipinski definition) is 3. The van der Waals surface area contributed by atoms with Crippen LogP contribution in [-0.2, 0) is 13.1 Å². The topological polar surface area (TPSA) is 28.2 Å². The van der Waals surface area contributed by atoms with Crippen LogP contribution >= 0.6 is 11.6 Å². The molecule has 4 heteroatoms. The van der Waals surface area contributed by atoms with Crippen molar-refractivity contribution < 1.29 is 0 Å². The molecule has 1 heterocycles. The summed E-state index contributed by atoms with van der Waals surface area (Å²) >= 11 is 5.92. The fourth-order valence-corrected chi connectivity index (χ4v) is 2.36. The Morgan fingerprint density at radius 3 is 2.52 bits per heavy atom. The highest BCUT2D eigenvalue weighted by atomic mass is 35.5. The van der Waals surface area contributed by atoms with Crippen molar-refractivity contribution in [3.8, 4) is 0 Å². The molecule has 1 aromatic carbocycles. The van der Waals surface area contributed by atoms with Gasteiger partial charge in [0.1, 0.15) is 5.82 Å². The summed E-state index contributed by atoms with van der Waals surface area (Å²) in [6.45, 7) is 6.81. The maximum atomic E-state index is 5.92. The summed E-state index contributed by atoms with van der Waals surface area (Å²) in [5.41, 5.74) is 3.53. The summed E-state index contributed by atoms with van der Waals surface area (Å²) in [7, 11) is 2.06. The summed E-state index contributed by atoms with van der Waals surface area (Å²) in [6, 6.07) is 12.2. The molecule has 0 spiro atoms. The van der Waals surface area contributed by atoms with E-state index in [1.807, 2.05) is 31.2 Å². The SMILES string of the molecule is CCNCc1cc(C)nc(N(C)Cc2ccc(Cl)cc2)c1. The standard InChI is InChI=1S/C17H22ClN3/c1-4-19-11-15-9-13(2)20-17(10-15)21(3)12-14-5-7-16(18)8-6-14/h5-10,19H,4,11-12H2,1-3H3. The molecule has 1 aromatic heterocycles. The smallest absolute Gasteiger partial charge is 0.129 e. The molecule has 21 heavy (non-hydrogen) atoms. The van der Waals surface area contributed by atoms with Crippen LogP contribution in [0.2, 0.25) is 5.02 Å². The Hall–Kier alpha value is -1.58. The molecule has 0 radical (unpaired) electrons. The molecule has 0 bridgehead atoms. The molecule has 2 rings (SSSR count). The quantitative estimate of drug-likeness (QED) is 0.880. The van der Waals surface area contributed by atoms with Crippen LogP contribution in [0.3, 0.4) is 0 Å². The number of nitrogens with zero attached hydrogens (tertiary/aromatic N) is 2. The maximum absolute atomic E-state index is 5.92. The number of aryl methyl sites for hydroxylation is 1. The highest BCUT2D eigenvalue weighted by molar-refractivity contribution is 6.30. The summed E-state index contributed by atoms with van der Waals surface area (Å²) in [5, 5.41) is 4.12. The Kier molecular flexibility index (Phi) is 5.59. The molecule has 0 aliphatic carbocycles. The van der Waals surface area contributed by atoms with Gasteiger partial charge in [0.25, 0.3) is 0 Å². The van der Waals surface area contributed by atoms with Crippen molar-refractivity contribution >= 4 is 17.4 Å². The molecule has 0 fully saturated rings. The highest BCUT2D eigenvalue weighted by Gasteiger charge is 2.06. The normalized spacial score (nSPS) is 10.7. The Balaban J connectivity index is 2.12. The van der Waals surface area contributed by atoms with Crippen molar-refractivity contribution in [3.05, 3.63) is 58.2 Å². The molecule has 0 aliphatic rings. The molecule has 112 valence electrons. The van der Waals surface area contributed by atoms with Crippen LogP contribution < -0.4 is 10.2 Å². The molecule has 0 atom stereocenters. The first-order chi connectivity index (χ1) is 10.1. The third-order valence-electron chi connectivity index (χ3n) is 3.30. The number of benzene rings is 1. The summed E-state index contributed by atoms with van der Waals surface area (Å²) in [4.78, 5) is 6.79. The van der Waals surface area contributed by atoms with E-state index in [0.29, 0.717) is 0 Å². The van der Waals surface area contributed by atoms with Crippen molar-refractivity contribution in [1.29, 1.82) is 0 Å². The fraction of sp³-hybridized carbons (Fsp3) is 0.353. The highest BCUT2D eigenvalue weighted by Crippen LogP contribution is 2.17. The van der Waals surface area contributed by atoms with E-state index < -0.39 is 0 Å². The minimum absolute atomic E-state index is 0.767. The van der Waals surface area contributed by atoms with Gasteiger partial charge in [0.2, 0.25) is 0 Å². The largest absolute Gasteiger partial charge is 0.355 e. The molecular weight excluding hydrogens is 282 g/mol. The van der Waals surface area contributed by atoms with Crippen molar-refractivity contribution in [3.63, 3.8) is 0 Å². The number of rotatable bonds is 6. The van der Waals surface area contributed by atoms with Crippen molar-refractivity contribution in [2.75, 3.05) is 18.5 Å². The van der Waals surface area contributed by atoms with E-state index in [0.717, 1.165) is 36.2 Å². The Bertz CT molecular complexity index is 581. The lowest BCUT2D eigenvalue weighted by Gasteiger charge is -2.20. The zero-order valence-electron chi connectivity index (χ0n) is 12.9. The average Bonchev–Trinajstić information content (AvgIpc) is 2.47. The first-order valence-electron chi connectivity index (χ1n) is 7.22. The second-order valence-corrected chi connectivity index (χ2v) is 5.67. The van der Waals surface area contributed by atoms with Crippen LogP contribution in [0.25, 0.3) is 0 Å². The van der Waals surface area contributed by atoms with E-state index in [4.69, 9.17) is 11.6 Å². The van der Waals surface area contributed by atoms with Crippen LogP contribution in [0.1, 0.15) is 23.7 Å². The summed E-state index contributed by atoms with van der Waals surface area (Å²) in [6.07, 6.45) is 0. The fourth-order valence-electron chi connectivity index (χ4n) is 2.23. The maximum Gasteiger partial charge on any atom is 0.129 e. The first-order valence-corrected chi connectivity index (χ1v) is 7.60. The van der Waals surface area contributed by atoms with E-state index in [-0.39, 0.29) is 0 Å². The molecule has 0 amide bonds. The Labute approximate surface area is 132 Å². The van der Waals surface area contributed by atoms with Crippen LogP contribution in [-0.4, -0.2) is 18.6 Å². The zero-order chi connectivity index (χ0) is 15.2. The van der Waals surface area contributed by atoms with Gasteiger partial charge in [0.05, 0.1) is 0 Å². The third-order valence-corrected chi connectivity index (χ3v) is 3.55. The van der Waals surface area contributed by atoms with Gasteiger partial charge >= 0.3 is 0 Å². The van der Waals surface area contributed by atoms with Crippen LogP contribution in [0, 0.1) is 6.92 Å². The molecule has 0 saturated heterocycles. The van der Waals surface area contributed by atoms with E-state index >= 15 is 0 Å². The van der Waals surface area contributed by atoms with Gasteiger partial charge in [-0.1, -0.05) is 30.7 Å². The lowest BCUT2D eigenvalue weighted by atomic mass is 10.2. The van der Waals surface area contributed by atoms with E-state index in [1.54, 1.807) is 0 Å². The average molecular weight is 304 g/mol. The van der Waals surface area contributed by atoms with E-state index in [2.05, 4.69) is 41.3 Å². The van der Waals surface area contributed by atoms with Crippen LogP contribution in [0.4, 0.5) is 5.82 Å².